The first-order chi connectivity index (χ1) is 4.95. The van der Waals surface area contributed by atoms with Gasteiger partial charge in [-0.3, -0.25) is 4.79 Å². The molecule has 0 radical (unpaired) electrons. The summed E-state index contributed by atoms with van der Waals surface area (Å²) in [4.78, 5) is 10.8. The maximum absolute atomic E-state index is 10.8. The van der Waals surface area contributed by atoms with Gasteiger partial charge in [-0.2, -0.15) is 0 Å². The van der Waals surface area contributed by atoms with Gasteiger partial charge in [-0.15, -0.1) is 0 Å². The monoisotopic (exact) mass is 222 g/mol. The lowest BCUT2D eigenvalue weighted by atomic mass is 10.1. The highest BCUT2D eigenvalue weighted by Crippen LogP contribution is 2.22. The lowest BCUT2D eigenvalue weighted by molar-refractivity contribution is -0.143. The van der Waals surface area contributed by atoms with Crippen LogP contribution in [0.3, 0.4) is 0 Å². The first-order valence-corrected chi connectivity index (χ1v) is 4.59. The van der Waals surface area contributed by atoms with Crippen LogP contribution in [0.5, 0.6) is 0 Å². The Bertz CT molecular complexity index is 127. The maximum Gasteiger partial charge on any atom is 0.305 e. The Morgan fingerprint density at radius 3 is 2.45 bits per heavy atom. The molecular weight excluding hydrogens is 208 g/mol. The molecule has 0 N–H and O–H groups in total. The smallest absolute Gasteiger partial charge is 0.305 e. The molecule has 66 valence electrons. The normalized spacial score (nSPS) is 11.3. The number of carbonyl (C=O) groups is 1. The van der Waals surface area contributed by atoms with Crippen molar-refractivity contribution in [1.29, 1.82) is 0 Å². The lowest BCUT2D eigenvalue weighted by Gasteiger charge is -2.14. The molecule has 0 aromatic heterocycles. The van der Waals surface area contributed by atoms with Crippen molar-refractivity contribution in [2.24, 2.45) is 0 Å². The van der Waals surface area contributed by atoms with Crippen molar-refractivity contribution in [3.05, 3.63) is 0 Å². The summed E-state index contributed by atoms with van der Waals surface area (Å²) in [6.07, 6.45) is 1.30. The molecule has 0 saturated heterocycles. The molecule has 0 bridgehead atoms. The van der Waals surface area contributed by atoms with E-state index in [2.05, 4.69) is 15.9 Å². The second-order valence-corrected chi connectivity index (χ2v) is 5.17. The van der Waals surface area contributed by atoms with Crippen molar-refractivity contribution < 1.29 is 9.53 Å². The van der Waals surface area contributed by atoms with Crippen LogP contribution in [0.25, 0.3) is 0 Å². The molecule has 0 rings (SSSR count). The Kier molecular flexibility index (Phi) is 4.73. The van der Waals surface area contributed by atoms with Gasteiger partial charge in [0.15, 0.2) is 0 Å². The van der Waals surface area contributed by atoms with Crippen LogP contribution in [0.4, 0.5) is 0 Å². The molecule has 11 heavy (non-hydrogen) atoms. The van der Waals surface area contributed by atoms with E-state index in [0.29, 0.717) is 13.0 Å². The minimum Gasteiger partial charge on any atom is -0.466 e. The predicted molar refractivity (Wildman–Crippen MR) is 48.9 cm³/mol. The van der Waals surface area contributed by atoms with Gasteiger partial charge in [0.25, 0.3) is 0 Å². The Morgan fingerprint density at radius 1 is 1.55 bits per heavy atom. The summed E-state index contributed by atoms with van der Waals surface area (Å²) in [5.74, 6) is -0.111. The zero-order valence-electron chi connectivity index (χ0n) is 7.32. The maximum atomic E-state index is 10.8. The SMILES string of the molecule is CCOC(=O)CCC(C)(C)Br. The van der Waals surface area contributed by atoms with E-state index < -0.39 is 0 Å². The summed E-state index contributed by atoms with van der Waals surface area (Å²) in [7, 11) is 0. The average Bonchev–Trinajstić information content (AvgIpc) is 1.83. The molecule has 0 heterocycles. The molecule has 0 saturated carbocycles. The van der Waals surface area contributed by atoms with E-state index in [1.54, 1.807) is 0 Å². The van der Waals surface area contributed by atoms with E-state index in [1.807, 2.05) is 20.8 Å². The highest BCUT2D eigenvalue weighted by Gasteiger charge is 2.14. The third-order valence-corrected chi connectivity index (χ3v) is 1.63. The summed E-state index contributed by atoms with van der Waals surface area (Å²) in [6.45, 7) is 6.36. The summed E-state index contributed by atoms with van der Waals surface area (Å²) in [6, 6.07) is 0. The number of hydrogen-bond acceptors (Lipinski definition) is 2. The van der Waals surface area contributed by atoms with Gasteiger partial charge in [0.2, 0.25) is 0 Å². The quantitative estimate of drug-likeness (QED) is 0.540. The molecule has 0 aromatic carbocycles. The van der Waals surface area contributed by atoms with Crippen molar-refractivity contribution in [3.63, 3.8) is 0 Å². The largest absolute Gasteiger partial charge is 0.466 e. The van der Waals surface area contributed by atoms with Gasteiger partial charge in [-0.05, 0) is 13.3 Å². The van der Waals surface area contributed by atoms with Crippen LogP contribution in [0.2, 0.25) is 0 Å². The van der Waals surface area contributed by atoms with E-state index in [0.717, 1.165) is 6.42 Å². The number of rotatable bonds is 4. The number of alkyl halides is 1. The van der Waals surface area contributed by atoms with Crippen LogP contribution >= 0.6 is 15.9 Å². The summed E-state index contributed by atoms with van der Waals surface area (Å²) in [5, 5.41) is 0. The third-order valence-electron chi connectivity index (χ3n) is 1.23. The van der Waals surface area contributed by atoms with Gasteiger partial charge in [0, 0.05) is 10.7 Å². The molecule has 3 heteroatoms. The molecule has 0 spiro atoms. The highest BCUT2D eigenvalue weighted by molar-refractivity contribution is 9.10. The highest BCUT2D eigenvalue weighted by atomic mass is 79.9. The fraction of sp³-hybridized carbons (Fsp3) is 0.875. The Labute approximate surface area is 76.4 Å². The molecule has 0 atom stereocenters. The van der Waals surface area contributed by atoms with Crippen molar-refractivity contribution in [2.45, 2.75) is 37.9 Å². The van der Waals surface area contributed by atoms with E-state index in [-0.39, 0.29) is 10.3 Å². The number of hydrogen-bond donors (Lipinski definition) is 0. The van der Waals surface area contributed by atoms with Crippen LogP contribution in [-0.4, -0.2) is 16.9 Å². The molecule has 0 aliphatic rings. The van der Waals surface area contributed by atoms with E-state index in [4.69, 9.17) is 4.74 Å². The Hall–Kier alpha value is -0.0500. The van der Waals surface area contributed by atoms with Gasteiger partial charge in [-0.1, -0.05) is 29.8 Å². The second kappa shape index (κ2) is 4.75. The number of halogens is 1. The number of ether oxygens (including phenoxy) is 1. The Balaban J connectivity index is 3.46. The second-order valence-electron chi connectivity index (χ2n) is 3.02. The number of carbonyl (C=O) groups excluding carboxylic acids is 1. The van der Waals surface area contributed by atoms with Crippen molar-refractivity contribution >= 4 is 21.9 Å². The van der Waals surface area contributed by atoms with Crippen molar-refractivity contribution in [3.8, 4) is 0 Å². The topological polar surface area (TPSA) is 26.3 Å². The van der Waals surface area contributed by atoms with E-state index >= 15 is 0 Å². The van der Waals surface area contributed by atoms with Gasteiger partial charge in [0.1, 0.15) is 0 Å². The molecule has 0 aromatic rings. The molecule has 0 aliphatic heterocycles. The lowest BCUT2D eigenvalue weighted by Crippen LogP contribution is -2.13. The van der Waals surface area contributed by atoms with E-state index in [1.165, 1.54) is 0 Å². The first kappa shape index (κ1) is 11.0. The molecule has 0 fully saturated rings. The van der Waals surface area contributed by atoms with Gasteiger partial charge < -0.3 is 4.74 Å². The fourth-order valence-electron chi connectivity index (χ4n) is 0.632. The average molecular weight is 223 g/mol. The van der Waals surface area contributed by atoms with E-state index in [9.17, 15) is 4.79 Å². The number of esters is 1. The molecule has 0 unspecified atom stereocenters. The van der Waals surface area contributed by atoms with Crippen LogP contribution in [0.15, 0.2) is 0 Å². The standard InChI is InChI=1S/C8H15BrO2/c1-4-11-7(10)5-6-8(2,3)9/h4-6H2,1-3H3. The zero-order valence-corrected chi connectivity index (χ0v) is 8.90. The molecule has 0 amide bonds. The van der Waals surface area contributed by atoms with Crippen LogP contribution in [0, 0.1) is 0 Å². The van der Waals surface area contributed by atoms with Crippen LogP contribution < -0.4 is 0 Å². The summed E-state index contributed by atoms with van der Waals surface area (Å²) < 4.78 is 4.82. The zero-order chi connectivity index (χ0) is 8.91. The van der Waals surface area contributed by atoms with Crippen molar-refractivity contribution in [1.82, 2.24) is 0 Å². The molecular formula is C8H15BrO2. The van der Waals surface area contributed by atoms with Gasteiger partial charge in [0.05, 0.1) is 6.61 Å². The van der Waals surface area contributed by atoms with Gasteiger partial charge >= 0.3 is 5.97 Å². The molecule has 2 nitrogen and oxygen atoms in total. The first-order valence-electron chi connectivity index (χ1n) is 3.80. The summed E-state index contributed by atoms with van der Waals surface area (Å²) in [5.41, 5.74) is 0. The van der Waals surface area contributed by atoms with Crippen molar-refractivity contribution in [2.75, 3.05) is 6.61 Å². The molecule has 0 aliphatic carbocycles. The van der Waals surface area contributed by atoms with Crippen LogP contribution in [-0.2, 0) is 9.53 Å². The minimum atomic E-state index is -0.111. The fourth-order valence-corrected chi connectivity index (χ4v) is 0.831. The van der Waals surface area contributed by atoms with Gasteiger partial charge in [-0.25, -0.2) is 0 Å². The summed E-state index contributed by atoms with van der Waals surface area (Å²) >= 11 is 3.45. The van der Waals surface area contributed by atoms with Crippen LogP contribution in [0.1, 0.15) is 33.6 Å². The third kappa shape index (κ3) is 7.85. The Morgan fingerprint density at radius 2 is 2.09 bits per heavy atom. The minimum absolute atomic E-state index is 0.0414. The predicted octanol–water partition coefficient (Wildman–Crippen LogP) is 2.50.